The normalized spacial score (nSPS) is 15.0. The standard InChI is InChI=1S/C27H31N7O2S2/c1-4-24-32-25(20-14-18(2)13-19(15-20)17-35)26(37-24)22-7-8-28-27(31-22)30-21-5-6-23(29-16-21)33-9-11-34(12-10-33)38(3)36/h5-8,13-16,35H,4,9-12,17H2,1-3H3,(H,28,30,31). The number of nitrogens with one attached hydrogen (secondary N) is 1. The van der Waals surface area contributed by atoms with Crippen LogP contribution in [0.1, 0.15) is 23.1 Å². The fraction of sp³-hybridized carbons (Fsp3) is 0.333. The number of aromatic nitrogens is 4. The molecular weight excluding hydrogens is 518 g/mol. The summed E-state index contributed by atoms with van der Waals surface area (Å²) in [5, 5.41) is 14.0. The maximum absolute atomic E-state index is 11.7. The second-order valence-electron chi connectivity index (χ2n) is 9.14. The third kappa shape index (κ3) is 5.91. The van der Waals surface area contributed by atoms with Crippen LogP contribution in [0.15, 0.2) is 48.8 Å². The van der Waals surface area contributed by atoms with Gasteiger partial charge in [0.05, 0.1) is 50.7 Å². The van der Waals surface area contributed by atoms with Crippen LogP contribution in [0.5, 0.6) is 0 Å². The van der Waals surface area contributed by atoms with Gasteiger partial charge in [0, 0.05) is 44.2 Å². The molecule has 1 aliphatic heterocycles. The molecule has 1 fully saturated rings. The van der Waals surface area contributed by atoms with Gasteiger partial charge >= 0.3 is 0 Å². The summed E-state index contributed by atoms with van der Waals surface area (Å²) >= 11 is 1.63. The molecule has 0 aliphatic carbocycles. The first-order chi connectivity index (χ1) is 18.4. The number of aliphatic hydroxyl groups is 1. The molecule has 1 aromatic carbocycles. The molecule has 11 heteroatoms. The van der Waals surface area contributed by atoms with Crippen LogP contribution in [0.3, 0.4) is 0 Å². The summed E-state index contributed by atoms with van der Waals surface area (Å²) in [6.07, 6.45) is 6.08. The van der Waals surface area contributed by atoms with Crippen LogP contribution >= 0.6 is 11.3 Å². The van der Waals surface area contributed by atoms with E-state index in [1.807, 2.05) is 41.6 Å². The van der Waals surface area contributed by atoms with Crippen molar-refractivity contribution in [3.8, 4) is 21.8 Å². The van der Waals surface area contributed by atoms with Crippen molar-refractivity contribution in [2.75, 3.05) is 42.7 Å². The number of pyridine rings is 1. The van der Waals surface area contributed by atoms with Crippen LogP contribution in [0, 0.1) is 6.92 Å². The molecular formula is C27H31N7O2S2. The molecule has 0 spiro atoms. The smallest absolute Gasteiger partial charge is 0.227 e. The highest BCUT2D eigenvalue weighted by molar-refractivity contribution is 7.81. The number of nitrogens with zero attached hydrogens (tertiary/aromatic N) is 6. The molecule has 4 aromatic rings. The quantitative estimate of drug-likeness (QED) is 0.337. The molecule has 1 unspecified atom stereocenters. The van der Waals surface area contributed by atoms with Gasteiger partial charge in [-0.2, -0.15) is 0 Å². The van der Waals surface area contributed by atoms with Gasteiger partial charge in [-0.05, 0) is 49.2 Å². The summed E-state index contributed by atoms with van der Waals surface area (Å²) in [5.41, 5.74) is 5.36. The molecule has 4 heterocycles. The van der Waals surface area contributed by atoms with Crippen molar-refractivity contribution in [3.05, 3.63) is 64.9 Å². The Kier molecular flexibility index (Phi) is 8.08. The Balaban J connectivity index is 1.36. The van der Waals surface area contributed by atoms with E-state index in [-0.39, 0.29) is 6.61 Å². The van der Waals surface area contributed by atoms with Gasteiger partial charge in [-0.15, -0.1) is 11.3 Å². The van der Waals surface area contributed by atoms with E-state index >= 15 is 0 Å². The SMILES string of the molecule is CCc1nc(-c2cc(C)cc(CO)c2)c(-c2ccnc(Nc3ccc(N4CCN(S(C)=O)CC4)nc3)n2)s1. The average molecular weight is 550 g/mol. The largest absolute Gasteiger partial charge is 0.392 e. The van der Waals surface area contributed by atoms with Gasteiger partial charge < -0.3 is 15.3 Å². The number of anilines is 3. The van der Waals surface area contributed by atoms with E-state index in [0.717, 1.165) is 82.1 Å². The highest BCUT2D eigenvalue weighted by atomic mass is 32.2. The molecule has 9 nitrogen and oxygen atoms in total. The van der Waals surface area contributed by atoms with Crippen molar-refractivity contribution in [3.63, 3.8) is 0 Å². The maximum atomic E-state index is 11.7. The molecule has 0 saturated carbocycles. The summed E-state index contributed by atoms with van der Waals surface area (Å²) in [6.45, 7) is 7.21. The number of rotatable bonds is 8. The fourth-order valence-electron chi connectivity index (χ4n) is 4.47. The lowest BCUT2D eigenvalue weighted by molar-refractivity contribution is 0.282. The van der Waals surface area contributed by atoms with Crippen LogP contribution < -0.4 is 10.2 Å². The first kappa shape index (κ1) is 26.4. The molecule has 0 amide bonds. The third-order valence-corrected chi connectivity index (χ3v) is 8.70. The van der Waals surface area contributed by atoms with Gasteiger partial charge in [-0.3, -0.25) is 0 Å². The van der Waals surface area contributed by atoms with Crippen molar-refractivity contribution in [1.29, 1.82) is 0 Å². The first-order valence-corrected chi connectivity index (χ1v) is 14.9. The topological polar surface area (TPSA) is 107 Å². The monoisotopic (exact) mass is 549 g/mol. The van der Waals surface area contributed by atoms with Crippen LogP contribution in [0.25, 0.3) is 21.8 Å². The molecule has 198 valence electrons. The summed E-state index contributed by atoms with van der Waals surface area (Å²) in [4.78, 5) is 21.9. The molecule has 3 aromatic heterocycles. The van der Waals surface area contributed by atoms with Crippen LogP contribution in [-0.4, -0.2) is 66.0 Å². The van der Waals surface area contributed by atoms with Crippen LogP contribution in [-0.2, 0) is 24.0 Å². The number of hydrogen-bond acceptors (Lipinski definition) is 9. The van der Waals surface area contributed by atoms with E-state index in [0.29, 0.717) is 5.95 Å². The predicted octanol–water partition coefficient (Wildman–Crippen LogP) is 4.18. The number of benzene rings is 1. The average Bonchev–Trinajstić information content (AvgIpc) is 3.38. The van der Waals surface area contributed by atoms with Crippen LogP contribution in [0.4, 0.5) is 17.5 Å². The second-order valence-corrected chi connectivity index (χ2v) is 11.6. The zero-order valence-corrected chi connectivity index (χ0v) is 23.3. The molecule has 1 atom stereocenters. The highest BCUT2D eigenvalue weighted by Gasteiger charge is 2.20. The fourth-order valence-corrected chi connectivity index (χ4v) is 6.14. The van der Waals surface area contributed by atoms with Gasteiger partial charge in [0.2, 0.25) is 5.95 Å². The number of aliphatic hydroxyl groups excluding tert-OH is 1. The van der Waals surface area contributed by atoms with Gasteiger partial charge in [0.1, 0.15) is 5.82 Å². The maximum Gasteiger partial charge on any atom is 0.227 e. The predicted molar refractivity (Wildman–Crippen MR) is 154 cm³/mol. The van der Waals surface area contributed by atoms with Crippen LogP contribution in [0.2, 0.25) is 0 Å². The minimum Gasteiger partial charge on any atom is -0.392 e. The molecule has 2 N–H and O–H groups in total. The summed E-state index contributed by atoms with van der Waals surface area (Å²) in [6, 6.07) is 11.9. The number of piperazine rings is 1. The zero-order chi connectivity index (χ0) is 26.6. The Morgan fingerprint density at radius 2 is 1.89 bits per heavy atom. The molecule has 1 saturated heterocycles. The van der Waals surface area contributed by atoms with Gasteiger partial charge in [0.25, 0.3) is 0 Å². The van der Waals surface area contributed by atoms with Gasteiger partial charge in [0.15, 0.2) is 0 Å². The minimum atomic E-state index is -0.931. The lowest BCUT2D eigenvalue weighted by Crippen LogP contribution is -2.46. The summed E-state index contributed by atoms with van der Waals surface area (Å²) in [7, 11) is -0.931. The molecule has 0 bridgehead atoms. The van der Waals surface area contributed by atoms with E-state index in [1.54, 1.807) is 30.0 Å². The highest BCUT2D eigenvalue weighted by Crippen LogP contribution is 2.37. The Morgan fingerprint density at radius 1 is 1.08 bits per heavy atom. The number of hydrogen-bond donors (Lipinski definition) is 2. The van der Waals surface area contributed by atoms with Crippen molar-refractivity contribution in [1.82, 2.24) is 24.2 Å². The third-order valence-electron chi connectivity index (χ3n) is 6.39. The lowest BCUT2D eigenvalue weighted by Gasteiger charge is -2.33. The Morgan fingerprint density at radius 3 is 2.58 bits per heavy atom. The molecule has 0 radical (unpaired) electrons. The summed E-state index contributed by atoms with van der Waals surface area (Å²) < 4.78 is 13.7. The molecule has 38 heavy (non-hydrogen) atoms. The summed E-state index contributed by atoms with van der Waals surface area (Å²) in [5.74, 6) is 1.38. The number of thiazole rings is 1. The van der Waals surface area contributed by atoms with E-state index in [1.165, 1.54) is 0 Å². The van der Waals surface area contributed by atoms with E-state index in [9.17, 15) is 9.32 Å². The van der Waals surface area contributed by atoms with Crippen molar-refractivity contribution < 1.29 is 9.32 Å². The van der Waals surface area contributed by atoms with Gasteiger partial charge in [-0.25, -0.2) is 28.5 Å². The molecule has 5 rings (SSSR count). The Labute approximate surface area is 229 Å². The lowest BCUT2D eigenvalue weighted by atomic mass is 10.0. The number of aryl methyl sites for hydroxylation is 2. The van der Waals surface area contributed by atoms with Crippen molar-refractivity contribution in [2.45, 2.75) is 26.9 Å². The van der Waals surface area contributed by atoms with E-state index < -0.39 is 11.0 Å². The van der Waals surface area contributed by atoms with E-state index in [2.05, 4.69) is 33.2 Å². The Bertz CT molecular complexity index is 1430. The minimum absolute atomic E-state index is 0.0148. The zero-order valence-electron chi connectivity index (χ0n) is 21.7. The van der Waals surface area contributed by atoms with Gasteiger partial charge in [-0.1, -0.05) is 18.6 Å². The first-order valence-electron chi connectivity index (χ1n) is 12.5. The second kappa shape index (κ2) is 11.6. The van der Waals surface area contributed by atoms with E-state index in [4.69, 9.17) is 9.97 Å². The molecule has 1 aliphatic rings. The van der Waals surface area contributed by atoms with Crippen molar-refractivity contribution >= 4 is 39.8 Å². The van der Waals surface area contributed by atoms with Crippen molar-refractivity contribution in [2.24, 2.45) is 0 Å². The Hall–Kier alpha value is -3.25.